The largest absolute Gasteiger partial charge is 0.378 e. The van der Waals surface area contributed by atoms with E-state index in [0.717, 1.165) is 107 Å². The van der Waals surface area contributed by atoms with Crippen molar-refractivity contribution in [2.45, 2.75) is 93.9 Å². The molecule has 5 fully saturated rings. The maximum atomic E-state index is 13.5. The lowest BCUT2D eigenvalue weighted by Crippen LogP contribution is -2.38. The van der Waals surface area contributed by atoms with Crippen LogP contribution in [0, 0.1) is 51.4 Å². The average Bonchev–Trinajstić information content (AvgIpc) is 4.13. The van der Waals surface area contributed by atoms with Gasteiger partial charge >= 0.3 is 0 Å². The van der Waals surface area contributed by atoms with Crippen LogP contribution >= 0.6 is 0 Å². The molecule has 0 bridgehead atoms. The number of hydrogen-bond acceptors (Lipinski definition) is 14. The number of hydrogen-bond donors (Lipinski definition) is 2. The zero-order valence-corrected chi connectivity index (χ0v) is 43.7. The van der Waals surface area contributed by atoms with Gasteiger partial charge in [-0.05, 0) is 75.3 Å². The molecule has 75 heavy (non-hydrogen) atoms. The Kier molecular flexibility index (Phi) is 21.0. The maximum absolute atomic E-state index is 13.5. The Labute approximate surface area is 446 Å². The smallest absolute Gasteiger partial charge is 0.257 e. The minimum absolute atomic E-state index is 0. The number of benzene rings is 2. The van der Waals surface area contributed by atoms with Gasteiger partial charge in [0.2, 0.25) is 32.8 Å². The van der Waals surface area contributed by atoms with Gasteiger partial charge in [-0.25, -0.2) is 28.4 Å². The second kappa shape index (κ2) is 26.2. The highest BCUT2D eigenvalue weighted by Gasteiger charge is 2.44. The van der Waals surface area contributed by atoms with Crippen molar-refractivity contribution in [1.82, 2.24) is 50.2 Å². The summed E-state index contributed by atoms with van der Waals surface area (Å²) in [5.74, 6) is 2.33. The Hall–Kier alpha value is -5.89. The fourth-order valence-corrected chi connectivity index (χ4v) is 12.0. The first kappa shape index (κ1) is 60.0. The molecule has 9 rings (SSSR count). The molecule has 7 heterocycles. The number of nitrogens with zero attached hydrogens (tertiary/aromatic N) is 9. The molecule has 0 saturated carbocycles. The molecule has 18 nitrogen and oxygen atoms in total. The Morgan fingerprint density at radius 2 is 0.920 bits per heavy atom. The van der Waals surface area contributed by atoms with Gasteiger partial charge in [0.25, 0.3) is 11.8 Å². The molecule has 2 aromatic carbocycles. The topological polar surface area (TPSA) is 203 Å². The van der Waals surface area contributed by atoms with E-state index in [9.17, 15) is 27.6 Å². The summed E-state index contributed by atoms with van der Waals surface area (Å²) in [4.78, 5) is 78.7. The number of fused-ring (bicyclic) bond motifs is 2. The average molecular weight is 1050 g/mol. The van der Waals surface area contributed by atoms with E-state index in [2.05, 4.69) is 47.4 Å². The highest BCUT2D eigenvalue weighted by atomic mass is 32.2. The van der Waals surface area contributed by atoms with Crippen molar-refractivity contribution in [2.75, 3.05) is 103 Å². The van der Waals surface area contributed by atoms with Crippen molar-refractivity contribution < 1.29 is 32.3 Å². The predicted octanol–water partition coefficient (Wildman–Crippen LogP) is 5.88. The number of sulfone groups is 1. The molecule has 2 aromatic heterocycles. The van der Waals surface area contributed by atoms with E-state index in [1.165, 1.54) is 0 Å². The molecule has 6 atom stereocenters. The van der Waals surface area contributed by atoms with E-state index >= 15 is 0 Å². The standard InChI is InChI=1S/C28H38N6O3.C25H33N5O4S.3CH4/c1-19-26(20(2)30-28(29-19)33-11-13-37-14-12-33)27(36)34-17-23-15-32(16-24(23)18-34)10-9-25(31-21(3)35)22-7-5-4-6-8-22;1-16-23(17(2)27-25(26-16)35(4,33)34)24(32)30-14-20-12-29(13-21(20)15-30)11-10-22(28-18(3)31)19-8-6-5-7-9-19;;;/h4-8,23-25H,9-18H2,1-3H3,(H,31,35);5-9,20-22H,10-15H2,1-4H3,(H,28,31);3*1H4/t23?,24?,25-;20?,21?,22-;;;/m00.../s1. The van der Waals surface area contributed by atoms with Crippen molar-refractivity contribution in [3.8, 4) is 0 Å². The van der Waals surface area contributed by atoms with E-state index in [-0.39, 0.29) is 63.1 Å². The number of aromatic nitrogens is 4. The lowest BCUT2D eigenvalue weighted by molar-refractivity contribution is -0.120. The van der Waals surface area contributed by atoms with Crippen molar-refractivity contribution >= 4 is 39.4 Å². The molecule has 4 amide bonds. The van der Waals surface area contributed by atoms with Crippen LogP contribution in [0.25, 0.3) is 0 Å². The van der Waals surface area contributed by atoms with Crippen molar-refractivity contribution in [3.05, 3.63) is 106 Å². The van der Waals surface area contributed by atoms with Gasteiger partial charge in [-0.3, -0.25) is 19.2 Å². The van der Waals surface area contributed by atoms with Gasteiger partial charge < -0.3 is 39.9 Å². The van der Waals surface area contributed by atoms with Crippen LogP contribution in [0.2, 0.25) is 0 Å². The van der Waals surface area contributed by atoms with Crippen molar-refractivity contribution in [2.24, 2.45) is 23.7 Å². The summed E-state index contributed by atoms with van der Waals surface area (Å²) in [7, 11) is -3.54. The van der Waals surface area contributed by atoms with Crippen molar-refractivity contribution in [3.63, 3.8) is 0 Å². The molecule has 0 spiro atoms. The number of anilines is 1. The van der Waals surface area contributed by atoms with Crippen LogP contribution < -0.4 is 15.5 Å². The number of rotatable bonds is 14. The molecule has 4 aromatic rings. The quantitative estimate of drug-likeness (QED) is 0.142. The molecule has 5 saturated heterocycles. The van der Waals surface area contributed by atoms with E-state index in [4.69, 9.17) is 14.7 Å². The highest BCUT2D eigenvalue weighted by Crippen LogP contribution is 2.35. The Bertz CT molecular complexity index is 2630. The van der Waals surface area contributed by atoms with E-state index in [1.54, 1.807) is 27.7 Å². The Morgan fingerprint density at radius 1 is 0.573 bits per heavy atom. The van der Waals surface area contributed by atoms with E-state index in [0.29, 0.717) is 78.4 Å². The number of likely N-dealkylation sites (tertiary alicyclic amines) is 4. The fraction of sp³-hybridized carbons (Fsp3) is 0.571. The van der Waals surface area contributed by atoms with Gasteiger partial charge in [0, 0.05) is 98.6 Å². The second-order valence-electron chi connectivity index (χ2n) is 20.4. The molecular formula is C56H83N11O7S. The first-order chi connectivity index (χ1) is 34.4. The monoisotopic (exact) mass is 1050 g/mol. The number of ether oxygens (including phenoxy) is 1. The summed E-state index contributed by atoms with van der Waals surface area (Å²) in [6, 6.07) is 20.2. The minimum atomic E-state index is -3.54. The van der Waals surface area contributed by atoms with Gasteiger partial charge in [-0.15, -0.1) is 0 Å². The first-order valence-electron chi connectivity index (χ1n) is 25.3. The summed E-state index contributed by atoms with van der Waals surface area (Å²) in [6.07, 6.45) is 2.76. The zero-order chi connectivity index (χ0) is 51.3. The van der Waals surface area contributed by atoms with Crippen LogP contribution in [0.4, 0.5) is 5.95 Å². The van der Waals surface area contributed by atoms with Gasteiger partial charge in [-0.2, -0.15) is 0 Å². The fourth-order valence-electron chi connectivity index (χ4n) is 11.4. The molecule has 410 valence electrons. The highest BCUT2D eigenvalue weighted by molar-refractivity contribution is 7.90. The molecule has 5 aliphatic heterocycles. The third-order valence-electron chi connectivity index (χ3n) is 14.9. The number of amides is 4. The summed E-state index contributed by atoms with van der Waals surface area (Å²) >= 11 is 0. The number of aryl methyl sites for hydroxylation is 4. The van der Waals surface area contributed by atoms with E-state index < -0.39 is 9.84 Å². The lowest BCUT2D eigenvalue weighted by atomic mass is 10.0. The molecular weight excluding hydrogens is 971 g/mol. The maximum Gasteiger partial charge on any atom is 0.257 e. The van der Waals surface area contributed by atoms with E-state index in [1.807, 2.05) is 72.2 Å². The Morgan fingerprint density at radius 3 is 1.25 bits per heavy atom. The molecule has 4 unspecified atom stereocenters. The number of nitrogens with one attached hydrogen (secondary N) is 2. The molecule has 5 aliphatic rings. The van der Waals surface area contributed by atoms with Crippen LogP contribution in [0.5, 0.6) is 0 Å². The number of morpholine rings is 1. The molecule has 0 radical (unpaired) electrons. The SMILES string of the molecule is C.C.C.CC(=O)N[C@@H](CCN1CC2CN(C(=O)c3c(C)nc(N4CCOCC4)nc3C)CC2C1)c1ccccc1.CC(=O)N[C@@H](CCN1CC2CN(C(=O)c3c(C)nc(S(C)(=O)=O)nc3C)CC2C1)c1ccccc1. The van der Waals surface area contributed by atoms with Crippen LogP contribution in [0.3, 0.4) is 0 Å². The zero-order valence-electron chi connectivity index (χ0n) is 42.8. The van der Waals surface area contributed by atoms with Gasteiger partial charge in [0.05, 0.1) is 59.2 Å². The molecule has 0 aliphatic carbocycles. The van der Waals surface area contributed by atoms with Gasteiger partial charge in [0.1, 0.15) is 0 Å². The van der Waals surface area contributed by atoms with Crippen LogP contribution in [0.15, 0.2) is 65.8 Å². The first-order valence-corrected chi connectivity index (χ1v) is 27.2. The minimum Gasteiger partial charge on any atom is -0.378 e. The number of carbonyl (C=O) groups excluding carboxylic acids is 4. The predicted molar refractivity (Wildman–Crippen MR) is 293 cm³/mol. The lowest BCUT2D eigenvalue weighted by Gasteiger charge is -2.28. The number of carbonyl (C=O) groups is 4. The van der Waals surface area contributed by atoms with Crippen LogP contribution in [-0.2, 0) is 24.2 Å². The third-order valence-corrected chi connectivity index (χ3v) is 15.7. The molecule has 19 heteroatoms. The Balaban J connectivity index is 0.000000267. The molecule has 2 N–H and O–H groups in total. The normalized spacial score (nSPS) is 21.0. The third kappa shape index (κ3) is 14.7. The summed E-state index contributed by atoms with van der Waals surface area (Å²) < 4.78 is 29.1. The van der Waals surface area contributed by atoms with Gasteiger partial charge in [-0.1, -0.05) is 82.9 Å². The summed E-state index contributed by atoms with van der Waals surface area (Å²) in [6.45, 7) is 21.7. The van der Waals surface area contributed by atoms with Crippen LogP contribution in [0.1, 0.15) is 116 Å². The van der Waals surface area contributed by atoms with Crippen LogP contribution in [-0.4, -0.2) is 170 Å². The van der Waals surface area contributed by atoms with Crippen molar-refractivity contribution in [1.29, 1.82) is 0 Å². The van der Waals surface area contributed by atoms with Gasteiger partial charge in [0.15, 0.2) is 0 Å². The summed E-state index contributed by atoms with van der Waals surface area (Å²) in [5.41, 5.74) is 5.59. The second-order valence-corrected chi connectivity index (χ2v) is 22.3. The summed E-state index contributed by atoms with van der Waals surface area (Å²) in [5, 5.41) is 5.93.